The summed E-state index contributed by atoms with van der Waals surface area (Å²) in [6.45, 7) is 0. The van der Waals surface area contributed by atoms with Gasteiger partial charge >= 0.3 is 0 Å². The van der Waals surface area contributed by atoms with E-state index in [1.165, 1.54) is 12.4 Å². The molecule has 1 heterocycles. The molecule has 1 rings (SSSR count). The normalized spacial score (nSPS) is 9.55. The van der Waals surface area contributed by atoms with E-state index in [1.807, 2.05) is 0 Å². The van der Waals surface area contributed by atoms with E-state index in [1.54, 1.807) is 0 Å². The Hall–Kier alpha value is -1.10. The summed E-state index contributed by atoms with van der Waals surface area (Å²) in [6, 6.07) is 0. The smallest absolute Gasteiger partial charge is 0.254 e. The summed E-state index contributed by atoms with van der Waals surface area (Å²) >= 11 is 2.99. The molecule has 0 radical (unpaired) electrons. The van der Waals surface area contributed by atoms with Gasteiger partial charge in [0.1, 0.15) is 11.3 Å². The highest BCUT2D eigenvalue weighted by molar-refractivity contribution is 9.10. The molecule has 1 amide bonds. The summed E-state index contributed by atoms with van der Waals surface area (Å²) in [6.07, 6.45) is 2.59. The van der Waals surface area contributed by atoms with Crippen molar-refractivity contribution in [3.8, 4) is 5.75 Å². The lowest BCUT2D eigenvalue weighted by Crippen LogP contribution is -2.11. The Morgan fingerprint density at radius 3 is 2.73 bits per heavy atom. The number of pyridine rings is 1. The number of amides is 1. The third-order valence-electron chi connectivity index (χ3n) is 1.14. The lowest BCUT2D eigenvalue weighted by molar-refractivity contribution is 0.0997. The van der Waals surface area contributed by atoms with Crippen molar-refractivity contribution in [3.63, 3.8) is 0 Å². The van der Waals surface area contributed by atoms with Crippen LogP contribution in [0.5, 0.6) is 5.75 Å². The zero-order valence-electron chi connectivity index (χ0n) is 5.41. The van der Waals surface area contributed by atoms with E-state index in [-0.39, 0.29) is 11.3 Å². The molecule has 0 aromatic carbocycles. The number of nitrogens with two attached hydrogens (primary N) is 1. The molecule has 58 valence electrons. The molecule has 3 N–H and O–H groups in total. The molecule has 0 aliphatic rings. The number of hydrogen-bond donors (Lipinski definition) is 2. The fourth-order valence-electron chi connectivity index (χ4n) is 0.608. The monoisotopic (exact) mass is 216 g/mol. The summed E-state index contributed by atoms with van der Waals surface area (Å²) in [7, 11) is 0. The van der Waals surface area contributed by atoms with Gasteiger partial charge in [-0.2, -0.15) is 0 Å². The average Bonchev–Trinajstić information content (AvgIpc) is 1.94. The molecule has 0 fully saturated rings. The van der Waals surface area contributed by atoms with Gasteiger partial charge in [0, 0.05) is 12.4 Å². The zero-order valence-corrected chi connectivity index (χ0v) is 7.00. The Kier molecular flexibility index (Phi) is 2.09. The number of carbonyl (C=O) groups is 1. The number of halogens is 1. The van der Waals surface area contributed by atoms with Gasteiger partial charge in [-0.25, -0.2) is 0 Å². The van der Waals surface area contributed by atoms with Crippen molar-refractivity contribution >= 4 is 21.8 Å². The SMILES string of the molecule is NC(=O)c1cncc(Br)c1O. The number of primary amides is 1. The van der Waals surface area contributed by atoms with Gasteiger partial charge < -0.3 is 10.8 Å². The maximum Gasteiger partial charge on any atom is 0.254 e. The molecular formula is C6H5BrN2O2. The Morgan fingerprint density at radius 1 is 1.64 bits per heavy atom. The van der Waals surface area contributed by atoms with Crippen LogP contribution in [-0.2, 0) is 0 Å². The molecular weight excluding hydrogens is 212 g/mol. The quantitative estimate of drug-likeness (QED) is 0.724. The van der Waals surface area contributed by atoms with Gasteiger partial charge in [-0.1, -0.05) is 0 Å². The van der Waals surface area contributed by atoms with Gasteiger partial charge in [0.05, 0.1) is 4.47 Å². The van der Waals surface area contributed by atoms with Gasteiger partial charge in [0.25, 0.3) is 5.91 Å². The summed E-state index contributed by atoms with van der Waals surface area (Å²) in [5.41, 5.74) is 4.94. The average molecular weight is 217 g/mol. The minimum absolute atomic E-state index is 0.0133. The van der Waals surface area contributed by atoms with Crippen LogP contribution in [0.25, 0.3) is 0 Å². The lowest BCUT2D eigenvalue weighted by atomic mass is 10.2. The van der Waals surface area contributed by atoms with E-state index in [2.05, 4.69) is 20.9 Å². The molecule has 0 aliphatic carbocycles. The molecule has 0 bridgehead atoms. The second-order valence-corrected chi connectivity index (χ2v) is 2.74. The predicted molar refractivity (Wildman–Crippen MR) is 42.1 cm³/mol. The van der Waals surface area contributed by atoms with Crippen molar-refractivity contribution in [2.24, 2.45) is 5.73 Å². The molecule has 0 spiro atoms. The number of carbonyl (C=O) groups excluding carboxylic acids is 1. The van der Waals surface area contributed by atoms with Crippen LogP contribution in [0.4, 0.5) is 0 Å². The minimum atomic E-state index is -0.698. The van der Waals surface area contributed by atoms with Crippen LogP contribution in [0.1, 0.15) is 10.4 Å². The standard InChI is InChI=1S/C6H5BrN2O2/c7-4-2-9-1-3(5(4)10)6(8)11/h1-2H,(H2,8,11)(H,9,10). The first-order valence-electron chi connectivity index (χ1n) is 2.75. The summed E-state index contributed by atoms with van der Waals surface area (Å²) in [5, 5.41) is 9.18. The van der Waals surface area contributed by atoms with E-state index in [0.717, 1.165) is 0 Å². The number of rotatable bonds is 1. The molecule has 5 heteroatoms. The van der Waals surface area contributed by atoms with Crippen LogP contribution < -0.4 is 5.73 Å². The number of hydrogen-bond acceptors (Lipinski definition) is 3. The van der Waals surface area contributed by atoms with E-state index >= 15 is 0 Å². The number of nitrogens with zero attached hydrogens (tertiary/aromatic N) is 1. The zero-order chi connectivity index (χ0) is 8.43. The number of aromatic hydroxyl groups is 1. The minimum Gasteiger partial charge on any atom is -0.506 e. The molecule has 11 heavy (non-hydrogen) atoms. The van der Waals surface area contributed by atoms with Crippen molar-refractivity contribution in [1.82, 2.24) is 4.98 Å². The highest BCUT2D eigenvalue weighted by atomic mass is 79.9. The fraction of sp³-hybridized carbons (Fsp3) is 0. The Bertz CT molecular complexity index is 301. The third kappa shape index (κ3) is 1.48. The molecule has 0 atom stereocenters. The first-order valence-corrected chi connectivity index (χ1v) is 3.54. The third-order valence-corrected chi connectivity index (χ3v) is 1.72. The Labute approximate surface area is 71.2 Å². The van der Waals surface area contributed by atoms with Gasteiger partial charge in [0.2, 0.25) is 0 Å². The van der Waals surface area contributed by atoms with Crippen LogP contribution in [0, 0.1) is 0 Å². The van der Waals surface area contributed by atoms with Crippen molar-refractivity contribution in [3.05, 3.63) is 22.4 Å². The summed E-state index contributed by atoms with van der Waals surface area (Å²) in [5.74, 6) is -0.871. The second-order valence-electron chi connectivity index (χ2n) is 1.88. The second kappa shape index (κ2) is 2.87. The van der Waals surface area contributed by atoms with Crippen molar-refractivity contribution < 1.29 is 9.90 Å². The van der Waals surface area contributed by atoms with Crippen molar-refractivity contribution in [1.29, 1.82) is 0 Å². The molecule has 0 unspecified atom stereocenters. The topological polar surface area (TPSA) is 76.2 Å². The molecule has 0 aliphatic heterocycles. The summed E-state index contributed by atoms with van der Waals surface area (Å²) in [4.78, 5) is 14.2. The molecule has 0 saturated carbocycles. The van der Waals surface area contributed by atoms with E-state index in [9.17, 15) is 9.90 Å². The first kappa shape index (κ1) is 8.00. The van der Waals surface area contributed by atoms with Gasteiger partial charge in [-0.3, -0.25) is 9.78 Å². The Balaban J connectivity index is 3.27. The van der Waals surface area contributed by atoms with Gasteiger partial charge in [-0.05, 0) is 15.9 Å². The molecule has 1 aromatic heterocycles. The van der Waals surface area contributed by atoms with Crippen LogP contribution >= 0.6 is 15.9 Å². The van der Waals surface area contributed by atoms with Crippen LogP contribution in [-0.4, -0.2) is 16.0 Å². The van der Waals surface area contributed by atoms with Gasteiger partial charge in [-0.15, -0.1) is 0 Å². The lowest BCUT2D eigenvalue weighted by Gasteiger charge is -1.99. The van der Waals surface area contributed by atoms with Crippen LogP contribution in [0.3, 0.4) is 0 Å². The number of aromatic nitrogens is 1. The molecule has 0 saturated heterocycles. The highest BCUT2D eigenvalue weighted by Gasteiger charge is 2.09. The maximum absolute atomic E-state index is 10.6. The van der Waals surface area contributed by atoms with Gasteiger partial charge in [0.15, 0.2) is 0 Å². The largest absolute Gasteiger partial charge is 0.506 e. The maximum atomic E-state index is 10.6. The summed E-state index contributed by atoms with van der Waals surface area (Å²) < 4.78 is 0.355. The fourth-order valence-corrected chi connectivity index (χ4v) is 0.940. The highest BCUT2D eigenvalue weighted by Crippen LogP contribution is 2.25. The van der Waals surface area contributed by atoms with Crippen LogP contribution in [0.2, 0.25) is 0 Å². The van der Waals surface area contributed by atoms with E-state index in [0.29, 0.717) is 4.47 Å². The van der Waals surface area contributed by atoms with E-state index < -0.39 is 5.91 Å². The van der Waals surface area contributed by atoms with Crippen molar-refractivity contribution in [2.75, 3.05) is 0 Å². The first-order chi connectivity index (χ1) is 5.13. The predicted octanol–water partition coefficient (Wildman–Crippen LogP) is 0.649. The molecule has 4 nitrogen and oxygen atoms in total. The Morgan fingerprint density at radius 2 is 2.27 bits per heavy atom. The van der Waals surface area contributed by atoms with Crippen LogP contribution in [0.15, 0.2) is 16.9 Å². The molecule has 1 aromatic rings. The van der Waals surface area contributed by atoms with E-state index in [4.69, 9.17) is 5.73 Å². The van der Waals surface area contributed by atoms with Crippen molar-refractivity contribution in [2.45, 2.75) is 0 Å².